The number of nitrogens with zero attached hydrogens (tertiary/aromatic N) is 3. The number of nitrogens with one attached hydrogen (secondary N) is 1. The van der Waals surface area contributed by atoms with Gasteiger partial charge in [0, 0.05) is 4.47 Å². The standard InChI is InChI=1S/C11H12BrClN4O2/c1-6-4-8(12)5-7(2)9(6)14-16-17-15-10(13)11(18)19-3/h4-5H,1-3H3,(H,14,17). The van der Waals surface area contributed by atoms with Gasteiger partial charge in [-0.3, -0.25) is 0 Å². The average Bonchev–Trinajstić information content (AvgIpc) is 2.35. The highest BCUT2D eigenvalue weighted by atomic mass is 79.9. The van der Waals surface area contributed by atoms with E-state index in [4.69, 9.17) is 11.6 Å². The van der Waals surface area contributed by atoms with Crippen molar-refractivity contribution in [3.63, 3.8) is 0 Å². The van der Waals surface area contributed by atoms with E-state index in [2.05, 4.69) is 41.6 Å². The Labute approximate surface area is 124 Å². The van der Waals surface area contributed by atoms with Crippen LogP contribution in [0.4, 0.5) is 5.69 Å². The number of hydrogen-bond acceptors (Lipinski definition) is 5. The molecule has 1 aromatic rings. The monoisotopic (exact) mass is 346 g/mol. The van der Waals surface area contributed by atoms with Crippen molar-refractivity contribution in [2.24, 2.45) is 15.4 Å². The molecule has 8 heteroatoms. The van der Waals surface area contributed by atoms with Crippen molar-refractivity contribution in [1.82, 2.24) is 5.53 Å². The molecule has 0 saturated carbocycles. The van der Waals surface area contributed by atoms with E-state index in [-0.39, 0.29) is 5.17 Å². The highest BCUT2D eigenvalue weighted by molar-refractivity contribution is 9.10. The van der Waals surface area contributed by atoms with Crippen LogP contribution in [0.5, 0.6) is 0 Å². The van der Waals surface area contributed by atoms with Gasteiger partial charge < -0.3 is 4.74 Å². The SMILES string of the molecule is COC(=O)C(Cl)=NNN=Nc1c(C)cc(Br)cc1C. The predicted octanol–water partition coefficient (Wildman–Crippen LogP) is 3.38. The minimum absolute atomic E-state index is 0.356. The molecule has 0 saturated heterocycles. The lowest BCUT2D eigenvalue weighted by Crippen LogP contribution is -2.12. The van der Waals surface area contributed by atoms with Gasteiger partial charge in [-0.25, -0.2) is 4.79 Å². The molecule has 0 aromatic heterocycles. The van der Waals surface area contributed by atoms with Gasteiger partial charge in [0.25, 0.3) is 0 Å². The summed E-state index contributed by atoms with van der Waals surface area (Å²) in [5.74, 6) is -0.750. The lowest BCUT2D eigenvalue weighted by atomic mass is 10.1. The molecule has 1 aromatic carbocycles. The minimum Gasteiger partial charge on any atom is -0.464 e. The fourth-order valence-electron chi connectivity index (χ4n) is 1.33. The molecule has 0 fully saturated rings. The second-order valence-corrected chi connectivity index (χ2v) is 4.86. The Morgan fingerprint density at radius 3 is 2.47 bits per heavy atom. The van der Waals surface area contributed by atoms with Gasteiger partial charge in [-0.2, -0.15) is 5.53 Å². The summed E-state index contributed by atoms with van der Waals surface area (Å²) in [5.41, 5.74) is 4.86. The first-order chi connectivity index (χ1) is 8.95. The van der Waals surface area contributed by atoms with Crippen LogP contribution < -0.4 is 5.53 Å². The number of halogens is 2. The molecule has 0 aliphatic heterocycles. The van der Waals surface area contributed by atoms with E-state index in [1.165, 1.54) is 7.11 Å². The number of benzene rings is 1. The summed E-state index contributed by atoms with van der Waals surface area (Å²) in [6, 6.07) is 3.85. The van der Waals surface area contributed by atoms with Gasteiger partial charge in [-0.15, -0.1) is 10.2 Å². The van der Waals surface area contributed by atoms with E-state index in [0.29, 0.717) is 0 Å². The van der Waals surface area contributed by atoms with Gasteiger partial charge in [0.1, 0.15) is 0 Å². The molecule has 19 heavy (non-hydrogen) atoms. The highest BCUT2D eigenvalue weighted by Gasteiger charge is 2.07. The van der Waals surface area contributed by atoms with Crippen LogP contribution in [0.25, 0.3) is 0 Å². The van der Waals surface area contributed by atoms with Crippen LogP contribution in [0.2, 0.25) is 0 Å². The third kappa shape index (κ3) is 4.60. The fraction of sp³-hybridized carbons (Fsp3) is 0.273. The number of methoxy groups -OCH3 is 1. The topological polar surface area (TPSA) is 75.4 Å². The third-order valence-electron chi connectivity index (χ3n) is 2.15. The molecule has 0 heterocycles. The van der Waals surface area contributed by atoms with Crippen LogP contribution >= 0.6 is 27.5 Å². The summed E-state index contributed by atoms with van der Waals surface area (Å²) >= 11 is 8.89. The number of hydrogen-bond donors (Lipinski definition) is 1. The van der Waals surface area contributed by atoms with E-state index >= 15 is 0 Å². The Morgan fingerprint density at radius 1 is 1.37 bits per heavy atom. The van der Waals surface area contributed by atoms with Gasteiger partial charge in [0.05, 0.1) is 12.8 Å². The number of ether oxygens (including phenoxy) is 1. The van der Waals surface area contributed by atoms with Crippen LogP contribution in [-0.2, 0) is 9.53 Å². The van der Waals surface area contributed by atoms with Crippen LogP contribution in [-0.4, -0.2) is 18.2 Å². The van der Waals surface area contributed by atoms with E-state index in [1.54, 1.807) is 0 Å². The van der Waals surface area contributed by atoms with Gasteiger partial charge in [-0.05, 0) is 37.1 Å². The van der Waals surface area contributed by atoms with E-state index < -0.39 is 5.97 Å². The van der Waals surface area contributed by atoms with Crippen molar-refractivity contribution in [2.45, 2.75) is 13.8 Å². The number of aryl methyl sites for hydroxylation is 2. The summed E-state index contributed by atoms with van der Waals surface area (Å²) in [5, 5.41) is 10.7. The highest BCUT2D eigenvalue weighted by Crippen LogP contribution is 2.27. The van der Waals surface area contributed by atoms with E-state index in [1.807, 2.05) is 26.0 Å². The maximum Gasteiger partial charge on any atom is 0.370 e. The zero-order valence-electron chi connectivity index (χ0n) is 10.6. The summed E-state index contributed by atoms with van der Waals surface area (Å²) in [6.45, 7) is 3.83. The molecular weight excluding hydrogens is 336 g/mol. The third-order valence-corrected chi connectivity index (χ3v) is 2.85. The zero-order valence-corrected chi connectivity index (χ0v) is 12.9. The Kier molecular flexibility index (Phi) is 5.91. The normalized spacial score (nSPS) is 11.7. The summed E-state index contributed by atoms with van der Waals surface area (Å²) in [6.07, 6.45) is 0. The maximum absolute atomic E-state index is 10.9. The van der Waals surface area contributed by atoms with Crippen molar-refractivity contribution in [2.75, 3.05) is 7.11 Å². The molecule has 6 nitrogen and oxygen atoms in total. The van der Waals surface area contributed by atoms with Crippen LogP contribution in [0.3, 0.4) is 0 Å². The summed E-state index contributed by atoms with van der Waals surface area (Å²) in [4.78, 5) is 10.9. The molecule has 0 atom stereocenters. The smallest absolute Gasteiger partial charge is 0.370 e. The van der Waals surface area contributed by atoms with Crippen molar-refractivity contribution < 1.29 is 9.53 Å². The van der Waals surface area contributed by atoms with Crippen LogP contribution in [0.1, 0.15) is 11.1 Å². The van der Waals surface area contributed by atoms with Crippen molar-refractivity contribution in [3.8, 4) is 0 Å². The Bertz CT molecular complexity index is 522. The second-order valence-electron chi connectivity index (χ2n) is 3.58. The molecule has 1 rings (SSSR count). The zero-order chi connectivity index (χ0) is 14.4. The molecule has 1 N–H and O–H groups in total. The molecule has 0 bridgehead atoms. The summed E-state index contributed by atoms with van der Waals surface area (Å²) in [7, 11) is 1.20. The quantitative estimate of drug-likeness (QED) is 0.392. The fourth-order valence-corrected chi connectivity index (χ4v) is 2.13. The Balaban J connectivity index is 2.76. The van der Waals surface area contributed by atoms with Crippen molar-refractivity contribution in [3.05, 3.63) is 27.7 Å². The van der Waals surface area contributed by atoms with Crippen molar-refractivity contribution >= 4 is 44.4 Å². The molecule has 0 unspecified atom stereocenters. The molecule has 0 amide bonds. The Hall–Kier alpha value is -1.47. The molecule has 0 radical (unpaired) electrons. The maximum atomic E-state index is 10.9. The molecule has 0 aliphatic rings. The van der Waals surface area contributed by atoms with Gasteiger partial charge in [-0.1, -0.05) is 32.8 Å². The number of esters is 1. The average molecular weight is 348 g/mol. The van der Waals surface area contributed by atoms with Gasteiger partial charge in [0.15, 0.2) is 0 Å². The first-order valence-electron chi connectivity index (χ1n) is 5.19. The van der Waals surface area contributed by atoms with Crippen molar-refractivity contribution in [1.29, 1.82) is 0 Å². The predicted molar refractivity (Wildman–Crippen MR) is 76.6 cm³/mol. The van der Waals surface area contributed by atoms with Crippen LogP contribution in [0, 0.1) is 13.8 Å². The molecule has 0 aliphatic carbocycles. The lowest BCUT2D eigenvalue weighted by molar-refractivity contribution is -0.132. The van der Waals surface area contributed by atoms with Gasteiger partial charge >= 0.3 is 5.97 Å². The number of carbonyl (C=O) groups excluding carboxylic acids is 1. The first kappa shape index (κ1) is 15.6. The number of carbonyl (C=O) groups is 1. The molecule has 102 valence electrons. The van der Waals surface area contributed by atoms with E-state index in [9.17, 15) is 4.79 Å². The van der Waals surface area contributed by atoms with Crippen LogP contribution in [0.15, 0.2) is 32.0 Å². The lowest BCUT2D eigenvalue weighted by Gasteiger charge is -2.03. The minimum atomic E-state index is -0.750. The van der Waals surface area contributed by atoms with Gasteiger partial charge in [0.2, 0.25) is 5.17 Å². The number of rotatable bonds is 4. The molecular formula is C11H12BrClN4O2. The Morgan fingerprint density at radius 2 is 1.95 bits per heavy atom. The number of hydrazone groups is 1. The largest absolute Gasteiger partial charge is 0.464 e. The summed E-state index contributed by atoms with van der Waals surface area (Å²) < 4.78 is 5.33. The van der Waals surface area contributed by atoms with E-state index in [0.717, 1.165) is 21.3 Å². The first-order valence-corrected chi connectivity index (χ1v) is 6.36. The molecule has 0 spiro atoms. The second kappa shape index (κ2) is 7.20.